The topological polar surface area (TPSA) is 105 Å². The lowest BCUT2D eigenvalue weighted by Crippen LogP contribution is -2.28. The molecule has 0 heterocycles. The number of esters is 2. The number of fused-ring (bicyclic) bond motifs is 3. The van der Waals surface area contributed by atoms with Gasteiger partial charge < -0.3 is 23.7 Å². The molecular formula is C61H54O8. The summed E-state index contributed by atoms with van der Waals surface area (Å²) in [5.41, 5.74) is 9.46. The van der Waals surface area contributed by atoms with Crippen molar-refractivity contribution < 1.29 is 38.1 Å². The maximum absolute atomic E-state index is 12.6. The lowest BCUT2D eigenvalue weighted by molar-refractivity contribution is -0.119. The van der Waals surface area contributed by atoms with Crippen LogP contribution < -0.4 is 18.9 Å². The zero-order valence-corrected chi connectivity index (χ0v) is 39.6. The highest BCUT2D eigenvalue weighted by Gasteiger charge is 2.46. The molecule has 0 radical (unpaired) electrons. The molecule has 0 fully saturated rings. The summed E-state index contributed by atoms with van der Waals surface area (Å²) in [5, 5.41) is 0. The predicted octanol–water partition coefficient (Wildman–Crippen LogP) is 13.1. The Morgan fingerprint density at radius 1 is 0.435 bits per heavy atom. The molecule has 0 unspecified atom stereocenters. The molecule has 69 heavy (non-hydrogen) atoms. The number of methoxy groups -OCH3 is 1. The second-order valence-electron chi connectivity index (χ2n) is 17.2. The van der Waals surface area contributed by atoms with Crippen LogP contribution in [0.1, 0.15) is 88.7 Å². The van der Waals surface area contributed by atoms with Crippen molar-refractivity contribution in [2.75, 3.05) is 13.7 Å². The van der Waals surface area contributed by atoms with E-state index in [-0.39, 0.29) is 29.6 Å². The highest BCUT2D eigenvalue weighted by atomic mass is 16.5. The molecule has 0 aliphatic heterocycles. The molecule has 1 aliphatic rings. The Kier molecular flexibility index (Phi) is 15.5. The van der Waals surface area contributed by atoms with Crippen LogP contribution in [0.5, 0.6) is 23.0 Å². The number of carbonyl (C=O) groups excluding carboxylic acids is 4. The van der Waals surface area contributed by atoms with Crippen LogP contribution in [0.3, 0.4) is 0 Å². The fourth-order valence-corrected chi connectivity index (χ4v) is 8.38. The number of carbonyl (C=O) groups is 4. The first kappa shape index (κ1) is 48.6. The van der Waals surface area contributed by atoms with Crippen LogP contribution in [0.2, 0.25) is 0 Å². The summed E-state index contributed by atoms with van der Waals surface area (Å²) < 4.78 is 22.0. The number of ketones is 2. The molecule has 0 atom stereocenters. The Morgan fingerprint density at radius 3 is 1.17 bits per heavy atom. The molecule has 0 aromatic heterocycles. The van der Waals surface area contributed by atoms with Crippen LogP contribution in [-0.2, 0) is 20.4 Å². The molecule has 8 aromatic rings. The van der Waals surface area contributed by atoms with Gasteiger partial charge in [-0.3, -0.25) is 4.79 Å². The third kappa shape index (κ3) is 11.3. The molecule has 9 rings (SSSR count). The molecule has 0 saturated carbocycles. The fraction of sp³-hybridized carbons (Fsp3) is 0.148. The van der Waals surface area contributed by atoms with Gasteiger partial charge in [-0.05, 0) is 138 Å². The van der Waals surface area contributed by atoms with Crippen molar-refractivity contribution in [3.63, 3.8) is 0 Å². The van der Waals surface area contributed by atoms with Crippen molar-refractivity contribution in [3.05, 3.63) is 251 Å². The summed E-state index contributed by atoms with van der Waals surface area (Å²) in [6.45, 7) is 8.94. The van der Waals surface area contributed by atoms with Crippen LogP contribution in [0.15, 0.2) is 206 Å². The molecule has 0 bridgehead atoms. The average molecular weight is 915 g/mol. The predicted molar refractivity (Wildman–Crippen MR) is 271 cm³/mol. The van der Waals surface area contributed by atoms with E-state index in [9.17, 15) is 19.2 Å². The normalized spacial score (nSPS) is 11.7. The van der Waals surface area contributed by atoms with Crippen molar-refractivity contribution in [2.45, 2.75) is 45.4 Å². The molecule has 0 N–H and O–H groups in total. The summed E-state index contributed by atoms with van der Waals surface area (Å²) in [7, 11) is 1.66. The van der Waals surface area contributed by atoms with E-state index < -0.39 is 11.4 Å². The third-order valence-corrected chi connectivity index (χ3v) is 11.8. The van der Waals surface area contributed by atoms with Gasteiger partial charge in [0, 0.05) is 5.41 Å². The summed E-state index contributed by atoms with van der Waals surface area (Å²) in [6.07, 6.45) is 0. The van der Waals surface area contributed by atoms with Gasteiger partial charge in [0.2, 0.25) is 0 Å². The van der Waals surface area contributed by atoms with E-state index >= 15 is 0 Å². The van der Waals surface area contributed by atoms with Gasteiger partial charge in [-0.2, -0.15) is 0 Å². The largest absolute Gasteiger partial charge is 0.497 e. The highest BCUT2D eigenvalue weighted by molar-refractivity contribution is 5.92. The van der Waals surface area contributed by atoms with Gasteiger partial charge >= 0.3 is 11.9 Å². The van der Waals surface area contributed by atoms with Crippen LogP contribution in [0.4, 0.5) is 0 Å². The molecule has 1 aliphatic carbocycles. The van der Waals surface area contributed by atoms with Crippen LogP contribution in [0.25, 0.3) is 11.1 Å². The molecule has 0 amide bonds. The maximum Gasteiger partial charge on any atom is 0.343 e. The molecular weight excluding hydrogens is 861 g/mol. The van der Waals surface area contributed by atoms with E-state index in [1.165, 1.54) is 48.6 Å². The fourth-order valence-electron chi connectivity index (χ4n) is 8.38. The average Bonchev–Trinajstić information content (AvgIpc) is 3.68. The van der Waals surface area contributed by atoms with E-state index in [4.69, 9.17) is 18.9 Å². The first-order chi connectivity index (χ1) is 33.3. The monoisotopic (exact) mass is 914 g/mol. The van der Waals surface area contributed by atoms with Crippen molar-refractivity contribution >= 4 is 23.5 Å². The van der Waals surface area contributed by atoms with Gasteiger partial charge in [-0.25, -0.2) is 9.59 Å². The van der Waals surface area contributed by atoms with Crippen molar-refractivity contribution in [1.82, 2.24) is 0 Å². The summed E-state index contributed by atoms with van der Waals surface area (Å²) >= 11 is 0. The highest BCUT2D eigenvalue weighted by Crippen LogP contribution is 2.56. The SMILES string of the molecule is CC(=O)COc1ccc(C2(c3ccc(OC(=O)c4ccccc4)cc3)c3ccccc3-c3ccccc32)cc1.CC(C)=O.COc1ccc(C(C)(C)c2ccc(OC(=O)c3ccccc3)cc2)cc1. The first-order valence-electron chi connectivity index (χ1n) is 22.6. The van der Waals surface area contributed by atoms with Gasteiger partial charge in [0.25, 0.3) is 0 Å². The smallest absolute Gasteiger partial charge is 0.343 e. The number of hydrogen-bond acceptors (Lipinski definition) is 8. The standard InChI is InChI=1S/C35H26O4.C23H22O3.C3H6O/c1-24(36)23-38-28-19-15-26(16-20-28)35(32-13-7-5-11-30(32)31-12-6-8-14-33(31)35)27-17-21-29(22-18-27)39-34(37)25-9-3-2-4-10-25;1-23(2,18-9-13-20(25-3)14-10-18)19-11-15-21(16-12-19)26-22(24)17-7-5-4-6-8-17;1-3(2)4/h2-22H,23H2,1H3;4-16H,1-3H3;1-2H3. The number of rotatable bonds is 12. The molecule has 0 saturated heterocycles. The molecule has 346 valence electrons. The number of benzene rings is 8. The van der Waals surface area contributed by atoms with E-state index in [1.807, 2.05) is 109 Å². The zero-order valence-electron chi connectivity index (χ0n) is 39.6. The van der Waals surface area contributed by atoms with Crippen molar-refractivity contribution in [1.29, 1.82) is 0 Å². The quantitative estimate of drug-likeness (QED) is 0.0881. The van der Waals surface area contributed by atoms with Crippen molar-refractivity contribution in [3.8, 4) is 34.1 Å². The maximum atomic E-state index is 12.6. The lowest BCUT2D eigenvalue weighted by atomic mass is 9.68. The van der Waals surface area contributed by atoms with E-state index in [1.54, 1.807) is 31.4 Å². The Morgan fingerprint density at radius 2 is 0.783 bits per heavy atom. The molecule has 0 spiro atoms. The first-order valence-corrected chi connectivity index (χ1v) is 22.6. The van der Waals surface area contributed by atoms with Gasteiger partial charge in [0.15, 0.2) is 5.78 Å². The third-order valence-electron chi connectivity index (χ3n) is 11.8. The Balaban J connectivity index is 0.000000203. The number of hydrogen-bond donors (Lipinski definition) is 0. The summed E-state index contributed by atoms with van der Waals surface area (Å²) in [6, 6.07) is 66.4. The minimum Gasteiger partial charge on any atom is -0.497 e. The zero-order chi connectivity index (χ0) is 49.0. The van der Waals surface area contributed by atoms with E-state index in [2.05, 4.69) is 86.6 Å². The Hall–Kier alpha value is -8.36. The van der Waals surface area contributed by atoms with E-state index in [0.29, 0.717) is 28.4 Å². The van der Waals surface area contributed by atoms with Gasteiger partial charge in [0.05, 0.1) is 23.7 Å². The second-order valence-corrected chi connectivity index (χ2v) is 17.2. The minimum absolute atomic E-state index is 0.0257. The summed E-state index contributed by atoms with van der Waals surface area (Å²) in [5.74, 6) is 1.90. The van der Waals surface area contributed by atoms with Gasteiger partial charge in [-0.15, -0.1) is 0 Å². The molecule has 8 heteroatoms. The van der Waals surface area contributed by atoms with Gasteiger partial charge in [-0.1, -0.05) is 147 Å². The van der Waals surface area contributed by atoms with E-state index in [0.717, 1.165) is 22.4 Å². The van der Waals surface area contributed by atoms with Crippen molar-refractivity contribution in [2.24, 2.45) is 0 Å². The lowest BCUT2D eigenvalue weighted by Gasteiger charge is -2.34. The number of Topliss-reactive ketones (excluding diaryl/α,β-unsaturated/α-hetero) is 2. The summed E-state index contributed by atoms with van der Waals surface area (Å²) in [4.78, 5) is 45.6. The second kappa shape index (κ2) is 22.0. The molecule has 8 nitrogen and oxygen atoms in total. The minimum atomic E-state index is -0.589. The van der Waals surface area contributed by atoms with Gasteiger partial charge in [0.1, 0.15) is 35.4 Å². The molecule has 8 aromatic carbocycles. The Labute approximate surface area is 404 Å². The van der Waals surface area contributed by atoms with Crippen LogP contribution in [0, 0.1) is 0 Å². The van der Waals surface area contributed by atoms with Crippen LogP contribution >= 0.6 is 0 Å². The Bertz CT molecular complexity index is 2960. The number of ether oxygens (including phenoxy) is 4. The van der Waals surface area contributed by atoms with Crippen LogP contribution in [-0.4, -0.2) is 37.2 Å².